The predicted molar refractivity (Wildman–Crippen MR) is 127 cm³/mol. The highest BCUT2D eigenvalue weighted by molar-refractivity contribution is 7.14. The van der Waals surface area contributed by atoms with Gasteiger partial charge in [-0.2, -0.15) is 0 Å². The molecule has 9 heteroatoms. The molecule has 1 N–H and O–H groups in total. The summed E-state index contributed by atoms with van der Waals surface area (Å²) in [5.41, 5.74) is 1.94. The van der Waals surface area contributed by atoms with Crippen LogP contribution in [0.3, 0.4) is 0 Å². The van der Waals surface area contributed by atoms with Gasteiger partial charge >= 0.3 is 5.91 Å². The van der Waals surface area contributed by atoms with Gasteiger partial charge in [0.05, 0.1) is 25.8 Å². The Labute approximate surface area is 200 Å². The zero-order valence-electron chi connectivity index (χ0n) is 18.8. The van der Waals surface area contributed by atoms with Gasteiger partial charge in [-0.25, -0.2) is 4.98 Å². The molecule has 0 aliphatic carbocycles. The molecule has 1 fully saturated rings. The number of hydrogen-bond acceptors (Lipinski definition) is 8. The van der Waals surface area contributed by atoms with E-state index in [-0.39, 0.29) is 17.4 Å². The Morgan fingerprint density at radius 2 is 1.94 bits per heavy atom. The maximum Gasteiger partial charge on any atom is 0.301 e. The second-order valence-corrected chi connectivity index (χ2v) is 8.93. The molecule has 8 nitrogen and oxygen atoms in total. The van der Waals surface area contributed by atoms with Crippen LogP contribution in [0.5, 0.6) is 17.2 Å². The minimum Gasteiger partial charge on any atom is -0.507 e. The lowest BCUT2D eigenvalue weighted by Crippen LogP contribution is -2.29. The average Bonchev–Trinajstić information content (AvgIpc) is 3.56. The molecule has 0 spiro atoms. The first-order chi connectivity index (χ1) is 16.4. The third-order valence-electron chi connectivity index (χ3n) is 5.96. The molecular weight excluding hydrogens is 456 g/mol. The number of nitrogens with zero attached hydrogens (tertiary/aromatic N) is 2. The molecule has 1 amide bonds. The molecule has 0 saturated carbocycles. The number of amides is 1. The lowest BCUT2D eigenvalue weighted by atomic mass is 9.94. The summed E-state index contributed by atoms with van der Waals surface area (Å²) in [6.45, 7) is 1.97. The highest BCUT2D eigenvalue weighted by Gasteiger charge is 2.48. The summed E-state index contributed by atoms with van der Waals surface area (Å²) in [6.07, 6.45) is 2.30. The number of thiazole rings is 1. The minimum atomic E-state index is -0.894. The van der Waals surface area contributed by atoms with Gasteiger partial charge in [0.2, 0.25) is 0 Å². The van der Waals surface area contributed by atoms with Crippen molar-refractivity contribution in [1.29, 1.82) is 0 Å². The number of aromatic nitrogens is 1. The van der Waals surface area contributed by atoms with Crippen molar-refractivity contribution in [2.75, 3.05) is 19.1 Å². The van der Waals surface area contributed by atoms with Gasteiger partial charge in [0.15, 0.2) is 16.6 Å². The van der Waals surface area contributed by atoms with E-state index in [9.17, 15) is 14.7 Å². The molecule has 34 heavy (non-hydrogen) atoms. The summed E-state index contributed by atoms with van der Waals surface area (Å²) in [7, 11) is 3.03. The Kier molecular flexibility index (Phi) is 5.49. The maximum absolute atomic E-state index is 13.3. The van der Waals surface area contributed by atoms with Crippen molar-refractivity contribution in [3.05, 3.63) is 70.2 Å². The molecule has 3 aromatic rings. The maximum atomic E-state index is 13.3. The first-order valence-electron chi connectivity index (χ1n) is 10.6. The summed E-state index contributed by atoms with van der Waals surface area (Å²) in [5, 5.41) is 13.4. The zero-order chi connectivity index (χ0) is 24.0. The lowest BCUT2D eigenvalue weighted by molar-refractivity contribution is -0.132. The fourth-order valence-corrected chi connectivity index (χ4v) is 5.09. The number of fused-ring (bicyclic) bond motifs is 1. The quantitative estimate of drug-likeness (QED) is 0.335. The molecule has 2 aliphatic heterocycles. The van der Waals surface area contributed by atoms with Crippen LogP contribution in [0.4, 0.5) is 5.13 Å². The van der Waals surface area contributed by atoms with Crippen molar-refractivity contribution in [2.45, 2.75) is 25.5 Å². The smallest absolute Gasteiger partial charge is 0.301 e. The van der Waals surface area contributed by atoms with E-state index in [0.29, 0.717) is 34.2 Å². The number of carbonyl (C=O) groups excluding carboxylic acids is 2. The van der Waals surface area contributed by atoms with Crippen LogP contribution in [0.1, 0.15) is 29.7 Å². The van der Waals surface area contributed by atoms with E-state index in [1.807, 2.05) is 6.92 Å². The third kappa shape index (κ3) is 3.49. The minimum absolute atomic E-state index is 0.0145. The molecule has 0 bridgehead atoms. The van der Waals surface area contributed by atoms with Crippen molar-refractivity contribution in [1.82, 2.24) is 4.98 Å². The number of rotatable bonds is 5. The molecular formula is C25H22N2O6S. The third-order valence-corrected chi connectivity index (χ3v) is 6.73. The molecule has 3 heterocycles. The summed E-state index contributed by atoms with van der Waals surface area (Å²) in [6, 6.07) is 9.51. The average molecular weight is 479 g/mol. The van der Waals surface area contributed by atoms with Crippen LogP contribution >= 0.6 is 11.3 Å². The van der Waals surface area contributed by atoms with Gasteiger partial charge in [0, 0.05) is 23.6 Å². The molecule has 0 radical (unpaired) electrons. The van der Waals surface area contributed by atoms with Gasteiger partial charge in [-0.3, -0.25) is 14.5 Å². The monoisotopic (exact) mass is 478 g/mol. The summed E-state index contributed by atoms with van der Waals surface area (Å²) in [5.74, 6) is -0.0890. The SMILES string of the molecule is COc1ccc(C2/C(=C(/O)c3ccc4c(c3)CC(C)O4)C(=O)C(=O)N2c2nccs2)cc1OC. The Bertz CT molecular complexity index is 1320. The number of aliphatic hydroxyl groups excluding tert-OH is 1. The Hall–Kier alpha value is -3.85. The van der Waals surface area contributed by atoms with Gasteiger partial charge in [-0.1, -0.05) is 6.07 Å². The number of benzene rings is 2. The zero-order valence-corrected chi connectivity index (χ0v) is 19.6. The normalized spacial score (nSPS) is 20.9. The highest BCUT2D eigenvalue weighted by Crippen LogP contribution is 2.45. The van der Waals surface area contributed by atoms with Gasteiger partial charge in [-0.15, -0.1) is 11.3 Å². The van der Waals surface area contributed by atoms with Crippen LogP contribution in [-0.4, -0.2) is 42.1 Å². The Morgan fingerprint density at radius 3 is 2.65 bits per heavy atom. The first kappa shape index (κ1) is 22.0. The number of hydrogen-bond donors (Lipinski definition) is 1. The van der Waals surface area contributed by atoms with E-state index in [1.165, 1.54) is 30.5 Å². The number of Topliss-reactive ketones (excluding diaryl/α,β-unsaturated/α-hetero) is 1. The van der Waals surface area contributed by atoms with E-state index in [1.54, 1.807) is 48.0 Å². The van der Waals surface area contributed by atoms with E-state index in [2.05, 4.69) is 4.98 Å². The molecule has 2 unspecified atom stereocenters. The molecule has 1 aromatic heterocycles. The number of methoxy groups -OCH3 is 2. The largest absolute Gasteiger partial charge is 0.507 e. The van der Waals surface area contributed by atoms with E-state index in [4.69, 9.17) is 14.2 Å². The van der Waals surface area contributed by atoms with Gasteiger partial charge in [0.1, 0.15) is 17.6 Å². The Morgan fingerprint density at radius 1 is 1.15 bits per heavy atom. The second-order valence-electron chi connectivity index (χ2n) is 8.05. The number of carbonyl (C=O) groups is 2. The summed E-state index contributed by atoms with van der Waals surface area (Å²) >= 11 is 1.23. The molecule has 2 atom stereocenters. The number of aliphatic hydroxyl groups is 1. The molecule has 2 aromatic carbocycles. The summed E-state index contributed by atoms with van der Waals surface area (Å²) < 4.78 is 16.5. The van der Waals surface area contributed by atoms with Crippen molar-refractivity contribution in [3.63, 3.8) is 0 Å². The van der Waals surface area contributed by atoms with Crippen LogP contribution in [0.15, 0.2) is 53.5 Å². The van der Waals surface area contributed by atoms with E-state index < -0.39 is 17.7 Å². The first-order valence-corrected chi connectivity index (χ1v) is 11.5. The van der Waals surface area contributed by atoms with Gasteiger partial charge in [-0.05, 0) is 48.4 Å². The summed E-state index contributed by atoms with van der Waals surface area (Å²) in [4.78, 5) is 32.0. The molecule has 1 saturated heterocycles. The molecule has 174 valence electrons. The van der Waals surface area contributed by atoms with Crippen molar-refractivity contribution < 1.29 is 28.9 Å². The van der Waals surface area contributed by atoms with Crippen LogP contribution in [0, 0.1) is 0 Å². The predicted octanol–water partition coefficient (Wildman–Crippen LogP) is 4.11. The van der Waals surface area contributed by atoms with Crippen LogP contribution in [0.2, 0.25) is 0 Å². The van der Waals surface area contributed by atoms with Crippen LogP contribution < -0.4 is 19.1 Å². The topological polar surface area (TPSA) is 98.2 Å². The van der Waals surface area contributed by atoms with Crippen LogP contribution in [-0.2, 0) is 16.0 Å². The fraction of sp³-hybridized carbons (Fsp3) is 0.240. The van der Waals surface area contributed by atoms with Gasteiger partial charge < -0.3 is 19.3 Å². The van der Waals surface area contributed by atoms with Gasteiger partial charge in [0.25, 0.3) is 5.78 Å². The Balaban J connectivity index is 1.69. The fourth-order valence-electron chi connectivity index (χ4n) is 4.43. The second kappa shape index (κ2) is 8.49. The highest BCUT2D eigenvalue weighted by atomic mass is 32.1. The standard InChI is InChI=1S/C25H22N2O6S/c1-13-10-16-11-15(5-6-17(16)33-13)22(28)20-21(14-4-7-18(31-2)19(12-14)32-3)27(24(30)23(20)29)25-26-8-9-34-25/h4-9,11-13,21,28H,10H2,1-3H3/b22-20-. The van der Waals surface area contributed by atoms with E-state index in [0.717, 1.165) is 11.3 Å². The number of anilines is 1. The van der Waals surface area contributed by atoms with E-state index >= 15 is 0 Å². The van der Waals surface area contributed by atoms with Crippen molar-refractivity contribution in [2.24, 2.45) is 0 Å². The number of ether oxygens (including phenoxy) is 3. The lowest BCUT2D eigenvalue weighted by Gasteiger charge is -2.23. The molecule has 2 aliphatic rings. The van der Waals surface area contributed by atoms with Crippen LogP contribution in [0.25, 0.3) is 5.76 Å². The number of ketones is 1. The van der Waals surface area contributed by atoms with Crippen molar-refractivity contribution in [3.8, 4) is 17.2 Å². The van der Waals surface area contributed by atoms with Crippen molar-refractivity contribution >= 4 is 33.9 Å². The molecule has 5 rings (SSSR count).